The fraction of sp³-hybridized carbons (Fsp3) is 0.519. The van der Waals surface area contributed by atoms with Gasteiger partial charge in [0.1, 0.15) is 0 Å². The molecule has 37 heavy (non-hydrogen) atoms. The Hall–Kier alpha value is -2.59. The number of alkyl halides is 6. The van der Waals surface area contributed by atoms with Crippen molar-refractivity contribution in [3.63, 3.8) is 0 Å². The van der Waals surface area contributed by atoms with E-state index < -0.39 is 40.5 Å². The molecule has 0 radical (unpaired) electrons. The molecule has 0 bridgehead atoms. The Kier molecular flexibility index (Phi) is 8.34. The van der Waals surface area contributed by atoms with Gasteiger partial charge in [-0.05, 0) is 49.1 Å². The number of carbonyl (C=O) groups is 1. The zero-order valence-corrected chi connectivity index (χ0v) is 21.2. The maximum atomic E-state index is 13.3. The Balaban J connectivity index is 1.81. The lowest BCUT2D eigenvalue weighted by molar-refractivity contribution is -0.143. The van der Waals surface area contributed by atoms with Crippen LogP contribution in [0.4, 0.5) is 26.3 Å². The third kappa shape index (κ3) is 7.25. The molecule has 1 heterocycles. The average molecular weight is 531 g/mol. The van der Waals surface area contributed by atoms with Crippen LogP contribution in [0.2, 0.25) is 0 Å². The summed E-state index contributed by atoms with van der Waals surface area (Å²) in [6.07, 6.45) is -9.75. The smallest absolute Gasteiger partial charge is 0.372 e. The van der Waals surface area contributed by atoms with Crippen LogP contribution in [0.3, 0.4) is 0 Å². The van der Waals surface area contributed by atoms with Crippen molar-refractivity contribution >= 4 is 5.91 Å². The molecule has 3 rings (SSSR count). The molecule has 0 unspecified atom stereocenters. The fourth-order valence-corrected chi connectivity index (χ4v) is 4.24. The summed E-state index contributed by atoms with van der Waals surface area (Å²) in [7, 11) is 0. The molecular weight excluding hydrogens is 498 g/mol. The number of amides is 1. The SMILES string of the molecule is C[C@@H](OC[C@@]1(c2ccccc2)CC[C@H](NC(=O)C(C)(C)C)CN1)c1cc(C(F)(F)F)cc(C(F)(F)F)c1. The molecule has 0 saturated carbocycles. The molecule has 1 amide bonds. The normalized spacial score (nSPS) is 21.9. The van der Waals surface area contributed by atoms with Crippen LogP contribution in [0, 0.1) is 5.41 Å². The first kappa shape index (κ1) is 29.0. The van der Waals surface area contributed by atoms with E-state index in [4.69, 9.17) is 4.74 Å². The van der Waals surface area contributed by atoms with Gasteiger partial charge in [0.25, 0.3) is 0 Å². The van der Waals surface area contributed by atoms with Gasteiger partial charge in [-0.3, -0.25) is 4.79 Å². The van der Waals surface area contributed by atoms with E-state index in [2.05, 4.69) is 10.6 Å². The summed E-state index contributed by atoms with van der Waals surface area (Å²) in [6, 6.07) is 10.7. The standard InChI is InChI=1S/C27H32F6N2O2/c1-17(18-12-20(26(28,29)30)14-21(13-18)27(31,32)33)37-16-25(19-8-6-5-7-9-19)11-10-22(15-34-25)35-23(36)24(2,3)4/h5-9,12-14,17,22,34H,10-11,15-16H2,1-4H3,(H,35,36)/t17-,22+,25-/m1/s1. The maximum absolute atomic E-state index is 13.3. The molecule has 1 aliphatic heterocycles. The minimum atomic E-state index is -4.93. The zero-order valence-electron chi connectivity index (χ0n) is 21.2. The number of hydrogen-bond acceptors (Lipinski definition) is 3. The lowest BCUT2D eigenvalue weighted by Crippen LogP contribution is -2.58. The molecule has 1 aliphatic rings. The first-order valence-corrected chi connectivity index (χ1v) is 12.0. The molecule has 1 fully saturated rings. The number of benzene rings is 2. The first-order chi connectivity index (χ1) is 17.0. The summed E-state index contributed by atoms with van der Waals surface area (Å²) in [5.74, 6) is -0.0820. The van der Waals surface area contributed by atoms with Gasteiger partial charge in [0, 0.05) is 18.0 Å². The summed E-state index contributed by atoms with van der Waals surface area (Å²) < 4.78 is 85.8. The third-order valence-electron chi connectivity index (χ3n) is 6.61. The fourth-order valence-electron chi connectivity index (χ4n) is 4.24. The van der Waals surface area contributed by atoms with E-state index in [9.17, 15) is 31.1 Å². The van der Waals surface area contributed by atoms with Crippen LogP contribution < -0.4 is 10.6 Å². The summed E-state index contributed by atoms with van der Waals surface area (Å²) in [6.45, 7) is 7.33. The Morgan fingerprint density at radius 3 is 2.05 bits per heavy atom. The average Bonchev–Trinajstić information content (AvgIpc) is 2.82. The van der Waals surface area contributed by atoms with Crippen molar-refractivity contribution in [1.82, 2.24) is 10.6 Å². The molecule has 4 nitrogen and oxygen atoms in total. The summed E-state index contributed by atoms with van der Waals surface area (Å²) >= 11 is 0. The van der Waals surface area contributed by atoms with Crippen molar-refractivity contribution in [1.29, 1.82) is 0 Å². The highest BCUT2D eigenvalue weighted by Gasteiger charge is 2.40. The van der Waals surface area contributed by atoms with Gasteiger partial charge in [0.15, 0.2) is 0 Å². The van der Waals surface area contributed by atoms with E-state index >= 15 is 0 Å². The van der Waals surface area contributed by atoms with Gasteiger partial charge in [-0.15, -0.1) is 0 Å². The number of carbonyl (C=O) groups excluding carboxylic acids is 1. The van der Waals surface area contributed by atoms with E-state index in [1.807, 2.05) is 51.1 Å². The minimum Gasteiger partial charge on any atom is -0.372 e. The second-order valence-electron chi connectivity index (χ2n) is 10.6. The van der Waals surface area contributed by atoms with Gasteiger partial charge in [-0.25, -0.2) is 0 Å². The third-order valence-corrected chi connectivity index (χ3v) is 6.61. The molecule has 0 spiro atoms. The number of ether oxygens (including phenoxy) is 1. The van der Waals surface area contributed by atoms with Crippen LogP contribution in [0.25, 0.3) is 0 Å². The molecule has 10 heteroatoms. The van der Waals surface area contributed by atoms with Crippen LogP contribution in [0.5, 0.6) is 0 Å². The maximum Gasteiger partial charge on any atom is 0.416 e. The molecule has 3 atom stereocenters. The largest absolute Gasteiger partial charge is 0.416 e. The monoisotopic (exact) mass is 530 g/mol. The number of piperidine rings is 1. The highest BCUT2D eigenvalue weighted by atomic mass is 19.4. The predicted octanol–water partition coefficient (Wildman–Crippen LogP) is 6.61. The van der Waals surface area contributed by atoms with Crippen LogP contribution >= 0.6 is 0 Å². The van der Waals surface area contributed by atoms with Crippen molar-refractivity contribution in [2.45, 2.75) is 70.6 Å². The lowest BCUT2D eigenvalue weighted by atomic mass is 9.81. The Labute approximate surface area is 212 Å². The number of nitrogens with one attached hydrogen (secondary N) is 2. The van der Waals surface area contributed by atoms with Crippen LogP contribution in [-0.4, -0.2) is 25.1 Å². The first-order valence-electron chi connectivity index (χ1n) is 12.0. The van der Waals surface area contributed by atoms with Crippen molar-refractivity contribution in [3.05, 3.63) is 70.8 Å². The molecule has 2 aromatic carbocycles. The summed E-state index contributed by atoms with van der Waals surface area (Å²) in [5.41, 5.74) is -3.36. The van der Waals surface area contributed by atoms with Crippen molar-refractivity contribution in [2.75, 3.05) is 13.2 Å². The highest BCUT2D eigenvalue weighted by molar-refractivity contribution is 5.81. The van der Waals surface area contributed by atoms with Crippen molar-refractivity contribution in [2.24, 2.45) is 5.41 Å². The molecular formula is C27H32F6N2O2. The number of hydrogen-bond donors (Lipinski definition) is 2. The number of rotatable bonds is 6. The van der Waals surface area contributed by atoms with Gasteiger partial charge in [-0.1, -0.05) is 51.1 Å². The minimum absolute atomic E-state index is 0.00964. The molecule has 1 saturated heterocycles. The van der Waals surface area contributed by atoms with Gasteiger partial charge < -0.3 is 15.4 Å². The number of halogens is 6. The molecule has 2 N–H and O–H groups in total. The summed E-state index contributed by atoms with van der Waals surface area (Å²) in [4.78, 5) is 12.4. The van der Waals surface area contributed by atoms with Crippen LogP contribution in [0.1, 0.15) is 68.9 Å². The van der Waals surface area contributed by atoms with Crippen molar-refractivity contribution < 1.29 is 35.9 Å². The topological polar surface area (TPSA) is 50.4 Å². The second-order valence-corrected chi connectivity index (χ2v) is 10.6. The zero-order chi connectivity index (χ0) is 27.6. The van der Waals surface area contributed by atoms with Gasteiger partial charge >= 0.3 is 12.4 Å². The molecule has 0 aromatic heterocycles. The Morgan fingerprint density at radius 2 is 1.59 bits per heavy atom. The highest BCUT2D eigenvalue weighted by Crippen LogP contribution is 2.39. The Morgan fingerprint density at radius 1 is 1.03 bits per heavy atom. The Bertz CT molecular complexity index is 1040. The second kappa shape index (κ2) is 10.6. The van der Waals surface area contributed by atoms with E-state index in [1.54, 1.807) is 0 Å². The van der Waals surface area contributed by atoms with Crippen LogP contribution in [-0.2, 0) is 27.4 Å². The quantitative estimate of drug-likeness (QED) is 0.413. The predicted molar refractivity (Wildman–Crippen MR) is 128 cm³/mol. The molecule has 0 aliphatic carbocycles. The van der Waals surface area contributed by atoms with Gasteiger partial charge in [-0.2, -0.15) is 26.3 Å². The molecule has 2 aromatic rings. The van der Waals surface area contributed by atoms with E-state index in [-0.39, 0.29) is 30.2 Å². The summed E-state index contributed by atoms with van der Waals surface area (Å²) in [5, 5.41) is 6.46. The van der Waals surface area contributed by atoms with Crippen LogP contribution in [0.15, 0.2) is 48.5 Å². The molecule has 204 valence electrons. The van der Waals surface area contributed by atoms with Gasteiger partial charge in [0.05, 0.1) is 29.4 Å². The lowest BCUT2D eigenvalue weighted by Gasteiger charge is -2.42. The van der Waals surface area contributed by atoms with E-state index in [1.165, 1.54) is 6.92 Å². The van der Waals surface area contributed by atoms with E-state index in [0.29, 0.717) is 31.5 Å². The van der Waals surface area contributed by atoms with Gasteiger partial charge in [0.2, 0.25) is 5.91 Å². The van der Waals surface area contributed by atoms with Crippen molar-refractivity contribution in [3.8, 4) is 0 Å². The van der Waals surface area contributed by atoms with E-state index in [0.717, 1.165) is 5.56 Å².